The summed E-state index contributed by atoms with van der Waals surface area (Å²) in [7, 11) is -3.72. The van der Waals surface area contributed by atoms with Gasteiger partial charge >= 0.3 is 0 Å². The van der Waals surface area contributed by atoms with Crippen LogP contribution in [0.2, 0.25) is 5.02 Å². The second-order valence-corrected chi connectivity index (χ2v) is 8.89. The van der Waals surface area contributed by atoms with E-state index in [9.17, 15) is 13.2 Å². The molecule has 0 bridgehead atoms. The molecular formula is C19H21ClN2O4S. The van der Waals surface area contributed by atoms with Gasteiger partial charge in [0, 0.05) is 18.7 Å². The van der Waals surface area contributed by atoms with Gasteiger partial charge < -0.3 is 10.1 Å². The second kappa shape index (κ2) is 7.98. The Morgan fingerprint density at radius 2 is 1.78 bits per heavy atom. The highest BCUT2D eigenvalue weighted by atomic mass is 35.5. The van der Waals surface area contributed by atoms with Crippen LogP contribution in [0.25, 0.3) is 0 Å². The first-order chi connectivity index (χ1) is 12.8. The SMILES string of the molecule is C[C@@H]1CN(S(=O)(=O)c2cccc(C(=O)Nc3ccccc3Cl)c2)C[C@H](C)O1. The molecule has 3 rings (SSSR count). The van der Waals surface area contributed by atoms with Crippen molar-refractivity contribution in [3.8, 4) is 0 Å². The lowest BCUT2D eigenvalue weighted by molar-refractivity contribution is -0.0440. The van der Waals surface area contributed by atoms with Crippen LogP contribution in [0, 0.1) is 0 Å². The molecule has 1 saturated heterocycles. The molecule has 0 aromatic heterocycles. The third-order valence-corrected chi connectivity index (χ3v) is 6.40. The Hall–Kier alpha value is -1.93. The number of rotatable bonds is 4. The van der Waals surface area contributed by atoms with Gasteiger partial charge in [-0.15, -0.1) is 0 Å². The number of morpholine rings is 1. The van der Waals surface area contributed by atoms with Gasteiger partial charge in [-0.05, 0) is 44.2 Å². The van der Waals surface area contributed by atoms with Crippen LogP contribution >= 0.6 is 11.6 Å². The fraction of sp³-hybridized carbons (Fsp3) is 0.316. The highest BCUT2D eigenvalue weighted by Crippen LogP contribution is 2.24. The van der Waals surface area contributed by atoms with E-state index in [4.69, 9.17) is 16.3 Å². The molecule has 0 radical (unpaired) electrons. The number of carbonyl (C=O) groups is 1. The van der Waals surface area contributed by atoms with Crippen molar-refractivity contribution in [2.75, 3.05) is 18.4 Å². The zero-order chi connectivity index (χ0) is 19.6. The highest BCUT2D eigenvalue weighted by molar-refractivity contribution is 7.89. The number of anilines is 1. The molecule has 2 atom stereocenters. The van der Waals surface area contributed by atoms with Gasteiger partial charge in [0.25, 0.3) is 5.91 Å². The molecule has 144 valence electrons. The Balaban J connectivity index is 1.84. The van der Waals surface area contributed by atoms with E-state index >= 15 is 0 Å². The number of hydrogen-bond acceptors (Lipinski definition) is 4. The van der Waals surface area contributed by atoms with Crippen molar-refractivity contribution in [1.29, 1.82) is 0 Å². The maximum Gasteiger partial charge on any atom is 0.255 e. The summed E-state index contributed by atoms with van der Waals surface area (Å²) in [5.41, 5.74) is 0.707. The van der Waals surface area contributed by atoms with Crippen molar-refractivity contribution < 1.29 is 17.9 Å². The van der Waals surface area contributed by atoms with Gasteiger partial charge in [-0.25, -0.2) is 8.42 Å². The van der Waals surface area contributed by atoms with Gasteiger partial charge in [-0.1, -0.05) is 29.8 Å². The number of nitrogens with one attached hydrogen (secondary N) is 1. The number of benzene rings is 2. The standard InChI is InChI=1S/C19H21ClN2O4S/c1-13-11-22(12-14(2)26-13)27(24,25)16-7-5-6-15(10-16)19(23)21-18-9-4-3-8-17(18)20/h3-10,13-14H,11-12H2,1-2H3,(H,21,23)/t13-,14+. The minimum absolute atomic E-state index is 0.0793. The molecular weight excluding hydrogens is 388 g/mol. The first-order valence-corrected chi connectivity index (χ1v) is 10.4. The predicted molar refractivity (Wildman–Crippen MR) is 105 cm³/mol. The number of halogens is 1. The van der Waals surface area contributed by atoms with E-state index in [1.165, 1.54) is 16.4 Å². The Morgan fingerprint density at radius 1 is 1.11 bits per heavy atom. The molecule has 2 aromatic carbocycles. The summed E-state index contributed by atoms with van der Waals surface area (Å²) < 4.78 is 33.0. The number of nitrogens with zero attached hydrogens (tertiary/aromatic N) is 1. The first-order valence-electron chi connectivity index (χ1n) is 8.59. The Morgan fingerprint density at radius 3 is 2.44 bits per heavy atom. The van der Waals surface area contributed by atoms with E-state index in [0.29, 0.717) is 10.7 Å². The molecule has 1 fully saturated rings. The largest absolute Gasteiger partial charge is 0.373 e. The average Bonchev–Trinajstić information content (AvgIpc) is 2.63. The lowest BCUT2D eigenvalue weighted by atomic mass is 10.2. The summed E-state index contributed by atoms with van der Waals surface area (Å²) in [6, 6.07) is 12.9. The Labute approximate surface area is 164 Å². The summed E-state index contributed by atoms with van der Waals surface area (Å²) >= 11 is 6.06. The van der Waals surface area contributed by atoms with Gasteiger partial charge in [-0.3, -0.25) is 4.79 Å². The third-order valence-electron chi connectivity index (χ3n) is 4.24. The quantitative estimate of drug-likeness (QED) is 0.841. The van der Waals surface area contributed by atoms with Crippen LogP contribution in [-0.4, -0.2) is 43.9 Å². The van der Waals surface area contributed by atoms with Crippen LogP contribution in [0.5, 0.6) is 0 Å². The molecule has 27 heavy (non-hydrogen) atoms. The van der Waals surface area contributed by atoms with E-state index in [2.05, 4.69) is 5.32 Å². The van der Waals surface area contributed by atoms with Gasteiger partial charge in [0.2, 0.25) is 10.0 Å². The Bertz CT molecular complexity index is 938. The molecule has 1 aliphatic rings. The minimum Gasteiger partial charge on any atom is -0.373 e. The fourth-order valence-electron chi connectivity index (χ4n) is 3.03. The number of amides is 1. The molecule has 6 nitrogen and oxygen atoms in total. The molecule has 0 spiro atoms. The van der Waals surface area contributed by atoms with E-state index in [-0.39, 0.29) is 35.8 Å². The van der Waals surface area contributed by atoms with Gasteiger partial charge in [0.05, 0.1) is 27.8 Å². The zero-order valence-corrected chi connectivity index (χ0v) is 16.6. The van der Waals surface area contributed by atoms with Crippen LogP contribution < -0.4 is 5.32 Å². The molecule has 8 heteroatoms. The maximum absolute atomic E-state index is 13.0. The smallest absolute Gasteiger partial charge is 0.255 e. The first kappa shape index (κ1) is 19.8. The van der Waals surface area contributed by atoms with Crippen LogP contribution in [0.1, 0.15) is 24.2 Å². The Kier molecular flexibility index (Phi) is 5.86. The lowest BCUT2D eigenvalue weighted by Crippen LogP contribution is -2.48. The number of carbonyl (C=O) groups excluding carboxylic acids is 1. The molecule has 2 aromatic rings. The van der Waals surface area contributed by atoms with Crippen LogP contribution in [-0.2, 0) is 14.8 Å². The number of ether oxygens (including phenoxy) is 1. The summed E-state index contributed by atoms with van der Waals surface area (Å²) in [6.45, 7) is 4.24. The fourth-order valence-corrected chi connectivity index (χ4v) is 4.85. The molecule has 1 amide bonds. The van der Waals surface area contributed by atoms with E-state index in [0.717, 1.165) is 0 Å². The topological polar surface area (TPSA) is 75.7 Å². The highest BCUT2D eigenvalue weighted by Gasteiger charge is 2.32. The van der Waals surface area contributed by atoms with Crippen molar-refractivity contribution in [1.82, 2.24) is 4.31 Å². The summed E-state index contributed by atoms with van der Waals surface area (Å²) in [5, 5.41) is 3.11. The summed E-state index contributed by atoms with van der Waals surface area (Å²) in [4.78, 5) is 12.6. The van der Waals surface area contributed by atoms with Gasteiger partial charge in [0.1, 0.15) is 0 Å². The molecule has 1 heterocycles. The van der Waals surface area contributed by atoms with E-state index < -0.39 is 15.9 Å². The van der Waals surface area contributed by atoms with Crippen molar-refractivity contribution in [3.05, 3.63) is 59.1 Å². The molecule has 1 N–H and O–H groups in total. The van der Waals surface area contributed by atoms with Crippen molar-refractivity contribution in [2.45, 2.75) is 31.0 Å². The average molecular weight is 409 g/mol. The van der Waals surface area contributed by atoms with Crippen molar-refractivity contribution in [3.63, 3.8) is 0 Å². The molecule has 1 aliphatic heterocycles. The number of hydrogen-bond donors (Lipinski definition) is 1. The van der Waals surface area contributed by atoms with Crippen molar-refractivity contribution >= 4 is 33.2 Å². The maximum atomic E-state index is 13.0. The monoisotopic (exact) mass is 408 g/mol. The molecule has 0 saturated carbocycles. The van der Waals surface area contributed by atoms with E-state index in [1.807, 2.05) is 13.8 Å². The van der Waals surface area contributed by atoms with E-state index in [1.54, 1.807) is 36.4 Å². The summed E-state index contributed by atoms with van der Waals surface area (Å²) in [6.07, 6.45) is -0.370. The number of sulfonamides is 1. The van der Waals surface area contributed by atoms with Gasteiger partial charge in [-0.2, -0.15) is 4.31 Å². The van der Waals surface area contributed by atoms with Crippen molar-refractivity contribution in [2.24, 2.45) is 0 Å². The van der Waals surface area contributed by atoms with Gasteiger partial charge in [0.15, 0.2) is 0 Å². The zero-order valence-electron chi connectivity index (χ0n) is 15.1. The molecule has 0 unspecified atom stereocenters. The second-order valence-electron chi connectivity index (χ2n) is 6.54. The van der Waals surface area contributed by atoms with Crippen LogP contribution in [0.3, 0.4) is 0 Å². The van der Waals surface area contributed by atoms with Crippen LogP contribution in [0.4, 0.5) is 5.69 Å². The third kappa shape index (κ3) is 4.50. The predicted octanol–water partition coefficient (Wildman–Crippen LogP) is 3.39. The lowest BCUT2D eigenvalue weighted by Gasteiger charge is -2.34. The normalized spacial score (nSPS) is 21.0. The minimum atomic E-state index is -3.72. The molecule has 0 aliphatic carbocycles. The van der Waals surface area contributed by atoms with Crippen LogP contribution in [0.15, 0.2) is 53.4 Å². The number of para-hydroxylation sites is 1. The summed E-state index contributed by atoms with van der Waals surface area (Å²) in [5.74, 6) is -0.427.